The van der Waals surface area contributed by atoms with Crippen molar-refractivity contribution >= 4 is 17.3 Å². The molecule has 3 heterocycles. The Bertz CT molecular complexity index is 543. The standard InChI is InChI=1S/C21H37N5S/c1-3-22-21(23-10-7-19-8-11-24(4-2)12-9-19)26-15-13-25(14-16-26)18-20-6-5-17-27-20/h5-6,17,19H,3-4,7-16,18H2,1-2H3,(H,22,23). The smallest absolute Gasteiger partial charge is 0.194 e. The highest BCUT2D eigenvalue weighted by Crippen LogP contribution is 2.20. The zero-order chi connectivity index (χ0) is 18.9. The largest absolute Gasteiger partial charge is 0.357 e. The number of piperazine rings is 1. The highest BCUT2D eigenvalue weighted by atomic mass is 32.1. The summed E-state index contributed by atoms with van der Waals surface area (Å²) in [6.07, 6.45) is 3.94. The Kier molecular flexibility index (Phi) is 8.42. The second-order valence-electron chi connectivity index (χ2n) is 7.74. The molecule has 6 heteroatoms. The molecule has 2 saturated heterocycles. The summed E-state index contributed by atoms with van der Waals surface area (Å²) in [7, 11) is 0. The topological polar surface area (TPSA) is 34.1 Å². The number of nitrogens with zero attached hydrogens (tertiary/aromatic N) is 4. The lowest BCUT2D eigenvalue weighted by atomic mass is 9.94. The molecule has 0 spiro atoms. The van der Waals surface area contributed by atoms with Crippen LogP contribution in [0.5, 0.6) is 0 Å². The van der Waals surface area contributed by atoms with Gasteiger partial charge < -0.3 is 15.1 Å². The second-order valence-corrected chi connectivity index (χ2v) is 8.78. The Labute approximate surface area is 169 Å². The van der Waals surface area contributed by atoms with Crippen molar-refractivity contribution in [2.24, 2.45) is 10.9 Å². The van der Waals surface area contributed by atoms with Crippen molar-refractivity contribution in [1.82, 2.24) is 20.0 Å². The van der Waals surface area contributed by atoms with Crippen LogP contribution in [0.4, 0.5) is 0 Å². The molecular formula is C21H37N5S. The van der Waals surface area contributed by atoms with Gasteiger partial charge in [-0.3, -0.25) is 9.89 Å². The van der Waals surface area contributed by atoms with Gasteiger partial charge in [-0.15, -0.1) is 11.3 Å². The summed E-state index contributed by atoms with van der Waals surface area (Å²) in [4.78, 5) is 14.0. The van der Waals surface area contributed by atoms with Gasteiger partial charge in [-0.05, 0) is 63.2 Å². The van der Waals surface area contributed by atoms with Crippen LogP contribution < -0.4 is 5.32 Å². The molecule has 0 unspecified atom stereocenters. The molecule has 0 saturated carbocycles. The third-order valence-corrected chi connectivity index (χ3v) is 6.78. The molecule has 0 aromatic carbocycles. The van der Waals surface area contributed by atoms with Crippen molar-refractivity contribution < 1.29 is 0 Å². The van der Waals surface area contributed by atoms with Crippen molar-refractivity contribution in [3.63, 3.8) is 0 Å². The van der Waals surface area contributed by atoms with E-state index in [0.29, 0.717) is 0 Å². The highest BCUT2D eigenvalue weighted by Gasteiger charge is 2.21. The maximum atomic E-state index is 4.97. The summed E-state index contributed by atoms with van der Waals surface area (Å²) in [6, 6.07) is 4.39. The molecule has 0 amide bonds. The summed E-state index contributed by atoms with van der Waals surface area (Å²) < 4.78 is 0. The van der Waals surface area contributed by atoms with Gasteiger partial charge >= 0.3 is 0 Å². The number of likely N-dealkylation sites (tertiary alicyclic amines) is 1. The molecule has 2 fully saturated rings. The predicted molar refractivity (Wildman–Crippen MR) is 117 cm³/mol. The molecule has 5 nitrogen and oxygen atoms in total. The van der Waals surface area contributed by atoms with Crippen molar-refractivity contribution in [3.05, 3.63) is 22.4 Å². The van der Waals surface area contributed by atoms with E-state index in [9.17, 15) is 0 Å². The SMILES string of the molecule is CCNC(=NCCC1CCN(CC)CC1)N1CCN(Cc2cccs2)CC1. The molecule has 1 aromatic rings. The zero-order valence-corrected chi connectivity index (χ0v) is 18.0. The molecule has 1 N–H and O–H groups in total. The fourth-order valence-electron chi connectivity index (χ4n) is 4.11. The van der Waals surface area contributed by atoms with Gasteiger partial charge in [0.1, 0.15) is 0 Å². The molecule has 2 aliphatic rings. The lowest BCUT2D eigenvalue weighted by molar-refractivity contribution is 0.173. The maximum Gasteiger partial charge on any atom is 0.194 e. The van der Waals surface area contributed by atoms with Crippen LogP contribution in [0.3, 0.4) is 0 Å². The average molecular weight is 392 g/mol. The predicted octanol–water partition coefficient (Wildman–Crippen LogP) is 2.95. The van der Waals surface area contributed by atoms with Crippen LogP contribution in [0.1, 0.15) is 38.0 Å². The molecule has 1 aromatic heterocycles. The lowest BCUT2D eigenvalue weighted by Gasteiger charge is -2.36. The van der Waals surface area contributed by atoms with Gasteiger partial charge in [0, 0.05) is 50.7 Å². The van der Waals surface area contributed by atoms with Crippen LogP contribution in [0, 0.1) is 5.92 Å². The molecule has 0 aliphatic carbocycles. The van der Waals surface area contributed by atoms with Crippen molar-refractivity contribution in [1.29, 1.82) is 0 Å². The second kappa shape index (κ2) is 11.0. The van der Waals surface area contributed by atoms with Crippen molar-refractivity contribution in [2.75, 3.05) is 58.9 Å². The van der Waals surface area contributed by atoms with E-state index >= 15 is 0 Å². The van der Waals surface area contributed by atoms with Gasteiger partial charge in [0.2, 0.25) is 0 Å². The minimum Gasteiger partial charge on any atom is -0.357 e. The fraction of sp³-hybridized carbons (Fsp3) is 0.762. The number of thiophene rings is 1. The number of guanidine groups is 1. The zero-order valence-electron chi connectivity index (χ0n) is 17.2. The summed E-state index contributed by atoms with van der Waals surface area (Å²) >= 11 is 1.86. The number of hydrogen-bond acceptors (Lipinski definition) is 4. The molecule has 0 atom stereocenters. The Morgan fingerprint density at radius 3 is 2.52 bits per heavy atom. The third kappa shape index (κ3) is 6.47. The summed E-state index contributed by atoms with van der Waals surface area (Å²) in [6.45, 7) is 15.6. The first-order valence-electron chi connectivity index (χ1n) is 10.8. The monoisotopic (exact) mass is 391 g/mol. The van der Waals surface area contributed by atoms with Gasteiger partial charge in [-0.2, -0.15) is 0 Å². The number of aliphatic imine (C=N–C) groups is 1. The first-order chi connectivity index (χ1) is 13.3. The summed E-state index contributed by atoms with van der Waals surface area (Å²) in [5.74, 6) is 1.99. The van der Waals surface area contributed by atoms with E-state index in [4.69, 9.17) is 4.99 Å². The Morgan fingerprint density at radius 1 is 1.11 bits per heavy atom. The summed E-state index contributed by atoms with van der Waals surface area (Å²) in [5.41, 5.74) is 0. The van der Waals surface area contributed by atoms with Gasteiger partial charge in [0.15, 0.2) is 5.96 Å². The van der Waals surface area contributed by atoms with Gasteiger partial charge in [-0.1, -0.05) is 13.0 Å². The van der Waals surface area contributed by atoms with Crippen LogP contribution in [-0.2, 0) is 6.54 Å². The first kappa shape index (κ1) is 20.6. The van der Waals surface area contributed by atoms with E-state index in [1.165, 1.54) is 43.8 Å². The number of rotatable bonds is 7. The average Bonchev–Trinajstić information content (AvgIpc) is 3.21. The summed E-state index contributed by atoms with van der Waals surface area (Å²) in [5, 5.41) is 5.69. The van der Waals surface area contributed by atoms with E-state index in [1.54, 1.807) is 0 Å². The van der Waals surface area contributed by atoms with E-state index in [2.05, 4.69) is 51.4 Å². The Morgan fingerprint density at radius 2 is 1.89 bits per heavy atom. The number of nitrogens with one attached hydrogen (secondary N) is 1. The molecule has 2 aliphatic heterocycles. The van der Waals surface area contributed by atoms with Crippen LogP contribution in [0.15, 0.2) is 22.5 Å². The molecule has 0 radical (unpaired) electrons. The Balaban J connectivity index is 1.42. The van der Waals surface area contributed by atoms with Gasteiger partial charge in [-0.25, -0.2) is 0 Å². The van der Waals surface area contributed by atoms with E-state index < -0.39 is 0 Å². The first-order valence-corrected chi connectivity index (χ1v) is 11.7. The number of piperidine rings is 1. The minimum atomic E-state index is 0.863. The maximum absolute atomic E-state index is 4.97. The normalized spacial score (nSPS) is 21.0. The molecule has 152 valence electrons. The number of hydrogen-bond donors (Lipinski definition) is 1. The van der Waals surface area contributed by atoms with Crippen LogP contribution in [0.25, 0.3) is 0 Å². The Hall–Kier alpha value is -1.11. The lowest BCUT2D eigenvalue weighted by Crippen LogP contribution is -2.52. The van der Waals surface area contributed by atoms with Crippen molar-refractivity contribution in [2.45, 2.75) is 39.7 Å². The highest BCUT2D eigenvalue weighted by molar-refractivity contribution is 7.09. The van der Waals surface area contributed by atoms with Crippen LogP contribution in [0.2, 0.25) is 0 Å². The quantitative estimate of drug-likeness (QED) is 0.572. The fourth-order valence-corrected chi connectivity index (χ4v) is 4.86. The van der Waals surface area contributed by atoms with Crippen LogP contribution in [-0.4, -0.2) is 79.6 Å². The minimum absolute atomic E-state index is 0.863. The van der Waals surface area contributed by atoms with E-state index in [-0.39, 0.29) is 0 Å². The molecular weight excluding hydrogens is 354 g/mol. The van der Waals surface area contributed by atoms with Gasteiger partial charge in [0.05, 0.1) is 0 Å². The van der Waals surface area contributed by atoms with E-state index in [1.807, 2.05) is 11.3 Å². The molecule has 0 bridgehead atoms. The molecule has 27 heavy (non-hydrogen) atoms. The van der Waals surface area contributed by atoms with Crippen molar-refractivity contribution in [3.8, 4) is 0 Å². The molecule has 3 rings (SSSR count). The van der Waals surface area contributed by atoms with E-state index in [0.717, 1.165) is 57.7 Å². The third-order valence-electron chi connectivity index (χ3n) is 5.92. The van der Waals surface area contributed by atoms with Gasteiger partial charge in [0.25, 0.3) is 0 Å². The van der Waals surface area contributed by atoms with Crippen LogP contribution >= 0.6 is 11.3 Å².